The molecule has 0 atom stereocenters. The summed E-state index contributed by atoms with van der Waals surface area (Å²) < 4.78 is 0. The largest absolute Gasteiger partial charge is 0.0845 e. The van der Waals surface area contributed by atoms with Gasteiger partial charge in [0, 0.05) is 0 Å². The summed E-state index contributed by atoms with van der Waals surface area (Å²) in [7, 11) is 0. The van der Waals surface area contributed by atoms with Crippen LogP contribution in [0.25, 0.3) is 0 Å². The van der Waals surface area contributed by atoms with Crippen LogP contribution in [0, 0.1) is 6.42 Å². The van der Waals surface area contributed by atoms with Gasteiger partial charge in [-0.05, 0) is 38.5 Å². The van der Waals surface area contributed by atoms with Crippen LogP contribution in [0.5, 0.6) is 0 Å². The van der Waals surface area contributed by atoms with Crippen molar-refractivity contribution in [3.63, 3.8) is 0 Å². The molecule has 0 bridgehead atoms. The van der Waals surface area contributed by atoms with Gasteiger partial charge in [-0.25, -0.2) is 0 Å². The van der Waals surface area contributed by atoms with E-state index in [1.165, 1.54) is 19.3 Å². The standard InChI is InChI=1S/C14H19/c1-2-4-6-8-10-12-14-13-11-9-7-5-3-1/h1-5,10,12-14H,6-9,11H2/b3-1+,4-2-,12-10+,14-13-. The Balaban J connectivity index is 2.34. The summed E-state index contributed by atoms with van der Waals surface area (Å²) in [5.74, 6) is 0. The quantitative estimate of drug-likeness (QED) is 0.528. The van der Waals surface area contributed by atoms with Gasteiger partial charge in [0.2, 0.25) is 0 Å². The average Bonchev–Trinajstić information content (AvgIpc) is 2.22. The Morgan fingerprint density at radius 3 is 1.93 bits per heavy atom. The van der Waals surface area contributed by atoms with Crippen molar-refractivity contribution in [2.45, 2.75) is 32.1 Å². The number of hydrogen-bond acceptors (Lipinski definition) is 0. The van der Waals surface area contributed by atoms with Crippen LogP contribution < -0.4 is 0 Å². The van der Waals surface area contributed by atoms with Gasteiger partial charge in [-0.2, -0.15) is 0 Å². The van der Waals surface area contributed by atoms with Crippen molar-refractivity contribution in [3.8, 4) is 0 Å². The molecule has 14 heavy (non-hydrogen) atoms. The van der Waals surface area contributed by atoms with Crippen LogP contribution in [0.4, 0.5) is 0 Å². The predicted octanol–water partition coefficient (Wildman–Crippen LogP) is 4.38. The van der Waals surface area contributed by atoms with Crippen molar-refractivity contribution >= 4 is 0 Å². The highest BCUT2D eigenvalue weighted by Gasteiger charge is 1.83. The molecule has 0 nitrogen and oxygen atoms in total. The maximum atomic E-state index is 2.25. The third-order valence-electron chi connectivity index (χ3n) is 2.12. The first-order valence-corrected chi connectivity index (χ1v) is 5.47. The maximum absolute atomic E-state index is 2.25. The fourth-order valence-electron chi connectivity index (χ4n) is 1.31. The monoisotopic (exact) mass is 187 g/mol. The summed E-state index contributed by atoms with van der Waals surface area (Å²) in [4.78, 5) is 0. The predicted molar refractivity (Wildman–Crippen MR) is 63.9 cm³/mol. The Kier molecular flexibility index (Phi) is 6.74. The van der Waals surface area contributed by atoms with Crippen molar-refractivity contribution in [1.82, 2.24) is 0 Å². The topological polar surface area (TPSA) is 0 Å². The second kappa shape index (κ2) is 8.55. The van der Waals surface area contributed by atoms with Gasteiger partial charge in [-0.3, -0.25) is 0 Å². The van der Waals surface area contributed by atoms with Gasteiger partial charge in [0.25, 0.3) is 0 Å². The van der Waals surface area contributed by atoms with E-state index in [0.717, 1.165) is 12.8 Å². The first kappa shape index (κ1) is 11.0. The molecule has 0 N–H and O–H groups in total. The SMILES string of the molecule is [CH]1/C=C/C=C\CC/C=C/C=C\CCC1. The van der Waals surface area contributed by atoms with Crippen molar-refractivity contribution in [1.29, 1.82) is 0 Å². The van der Waals surface area contributed by atoms with Crippen LogP contribution in [-0.4, -0.2) is 0 Å². The van der Waals surface area contributed by atoms with Gasteiger partial charge < -0.3 is 0 Å². The Hall–Kier alpha value is -1.04. The van der Waals surface area contributed by atoms with E-state index < -0.39 is 0 Å². The zero-order valence-electron chi connectivity index (χ0n) is 8.73. The minimum absolute atomic E-state index is 1.13. The normalized spacial score (nSPS) is 28.6. The number of hydrogen-bond donors (Lipinski definition) is 0. The fourth-order valence-corrected chi connectivity index (χ4v) is 1.31. The van der Waals surface area contributed by atoms with Crippen LogP contribution in [0.15, 0.2) is 48.6 Å². The van der Waals surface area contributed by atoms with Crippen molar-refractivity contribution < 1.29 is 0 Å². The van der Waals surface area contributed by atoms with Gasteiger partial charge in [-0.1, -0.05) is 48.6 Å². The lowest BCUT2D eigenvalue weighted by Crippen LogP contribution is -1.73. The third kappa shape index (κ3) is 6.47. The molecule has 1 rings (SSSR count). The van der Waals surface area contributed by atoms with E-state index in [4.69, 9.17) is 0 Å². The summed E-state index contributed by atoms with van der Waals surface area (Å²) in [6.07, 6.45) is 25.5. The molecule has 0 heteroatoms. The molecule has 0 spiro atoms. The van der Waals surface area contributed by atoms with Crippen LogP contribution in [0.1, 0.15) is 32.1 Å². The lowest BCUT2D eigenvalue weighted by molar-refractivity contribution is 0.843. The average molecular weight is 187 g/mol. The van der Waals surface area contributed by atoms with Crippen molar-refractivity contribution in [2.24, 2.45) is 0 Å². The van der Waals surface area contributed by atoms with Gasteiger partial charge in [0.1, 0.15) is 0 Å². The van der Waals surface area contributed by atoms with E-state index in [9.17, 15) is 0 Å². The summed E-state index contributed by atoms with van der Waals surface area (Å²) in [6.45, 7) is 0. The van der Waals surface area contributed by atoms with Crippen LogP contribution in [-0.2, 0) is 0 Å². The molecule has 0 amide bonds. The summed E-state index contributed by atoms with van der Waals surface area (Å²) in [5.41, 5.74) is 0. The molecule has 1 aliphatic carbocycles. The highest BCUT2D eigenvalue weighted by molar-refractivity contribution is 5.09. The van der Waals surface area contributed by atoms with Gasteiger partial charge >= 0.3 is 0 Å². The summed E-state index contributed by atoms with van der Waals surface area (Å²) in [6, 6.07) is 0. The van der Waals surface area contributed by atoms with Crippen LogP contribution in [0.2, 0.25) is 0 Å². The number of rotatable bonds is 0. The van der Waals surface area contributed by atoms with Gasteiger partial charge in [0.05, 0.1) is 0 Å². The lowest BCUT2D eigenvalue weighted by Gasteiger charge is -1.92. The maximum Gasteiger partial charge on any atom is -0.0167 e. The molecule has 1 radical (unpaired) electrons. The Labute approximate surface area is 87.7 Å². The molecule has 0 unspecified atom stereocenters. The van der Waals surface area contributed by atoms with E-state index in [2.05, 4.69) is 55.0 Å². The van der Waals surface area contributed by atoms with Crippen molar-refractivity contribution in [2.75, 3.05) is 0 Å². The Bertz CT molecular complexity index is 202. The van der Waals surface area contributed by atoms with Crippen molar-refractivity contribution in [3.05, 3.63) is 55.0 Å². The van der Waals surface area contributed by atoms with Crippen LogP contribution >= 0.6 is 0 Å². The Morgan fingerprint density at radius 2 is 1.14 bits per heavy atom. The summed E-state index contributed by atoms with van der Waals surface area (Å²) in [5, 5.41) is 0. The Morgan fingerprint density at radius 1 is 0.500 bits per heavy atom. The molecule has 0 heterocycles. The number of allylic oxidation sites excluding steroid dienone is 8. The molecule has 0 aromatic carbocycles. The van der Waals surface area contributed by atoms with Crippen LogP contribution in [0.3, 0.4) is 0 Å². The zero-order valence-corrected chi connectivity index (χ0v) is 8.73. The molecule has 0 aromatic heterocycles. The molecule has 0 aliphatic heterocycles. The second-order valence-electron chi connectivity index (χ2n) is 3.41. The van der Waals surface area contributed by atoms with E-state index in [1.807, 2.05) is 0 Å². The molecule has 75 valence electrons. The lowest BCUT2D eigenvalue weighted by atomic mass is 10.1. The first-order chi connectivity index (χ1) is 7.00. The van der Waals surface area contributed by atoms with E-state index in [1.54, 1.807) is 0 Å². The summed E-state index contributed by atoms with van der Waals surface area (Å²) >= 11 is 0. The highest BCUT2D eigenvalue weighted by Crippen LogP contribution is 2.02. The minimum atomic E-state index is 1.13. The minimum Gasteiger partial charge on any atom is -0.0845 e. The zero-order chi connectivity index (χ0) is 9.90. The van der Waals surface area contributed by atoms with E-state index in [0.29, 0.717) is 0 Å². The molecule has 0 aromatic rings. The molecule has 0 saturated heterocycles. The molecule has 0 fully saturated rings. The molecule has 1 aliphatic rings. The first-order valence-electron chi connectivity index (χ1n) is 5.47. The highest BCUT2D eigenvalue weighted by atomic mass is 13.9. The smallest absolute Gasteiger partial charge is 0.0167 e. The third-order valence-corrected chi connectivity index (χ3v) is 2.12. The van der Waals surface area contributed by atoms with E-state index in [-0.39, 0.29) is 0 Å². The molecular weight excluding hydrogens is 168 g/mol. The molecule has 0 saturated carbocycles. The van der Waals surface area contributed by atoms with Gasteiger partial charge in [0.15, 0.2) is 0 Å². The molecular formula is C14H19. The van der Waals surface area contributed by atoms with Gasteiger partial charge in [-0.15, -0.1) is 0 Å². The second-order valence-corrected chi connectivity index (χ2v) is 3.41. The fraction of sp³-hybridized carbons (Fsp3) is 0.357. The van der Waals surface area contributed by atoms with E-state index >= 15 is 0 Å².